The van der Waals surface area contributed by atoms with Gasteiger partial charge in [-0.1, -0.05) is 42.8 Å². The van der Waals surface area contributed by atoms with Gasteiger partial charge in [0.05, 0.1) is 0 Å². The number of rotatable bonds is 5. The Kier molecular flexibility index (Phi) is 4.37. The highest BCUT2D eigenvalue weighted by Crippen LogP contribution is 2.26. The second kappa shape index (κ2) is 6.22. The topological polar surface area (TPSA) is 21.3 Å². The molecular weight excluding hydrogens is 222 g/mol. The summed E-state index contributed by atoms with van der Waals surface area (Å²) in [7, 11) is 0. The number of aryl methyl sites for hydroxylation is 1. The average Bonchev–Trinajstić information content (AvgIpc) is 2.40. The Labute approximate surface area is 109 Å². The molecule has 0 saturated carbocycles. The van der Waals surface area contributed by atoms with Gasteiger partial charge in [0.25, 0.3) is 0 Å². The average molecular weight is 241 g/mol. The number of benzene rings is 2. The van der Waals surface area contributed by atoms with Gasteiger partial charge in [-0.2, -0.15) is 0 Å². The molecule has 0 heterocycles. The highest BCUT2D eigenvalue weighted by Gasteiger charge is 2.04. The second-order valence-electron chi connectivity index (χ2n) is 4.31. The van der Waals surface area contributed by atoms with E-state index in [1.165, 1.54) is 11.1 Å². The van der Waals surface area contributed by atoms with Crippen LogP contribution in [0.1, 0.15) is 18.1 Å². The van der Waals surface area contributed by atoms with Crippen molar-refractivity contribution in [3.05, 3.63) is 59.7 Å². The predicted octanol–water partition coefficient (Wildman–Crippen LogP) is 3.90. The van der Waals surface area contributed by atoms with Gasteiger partial charge < -0.3 is 10.1 Å². The minimum atomic E-state index is 0.834. The first kappa shape index (κ1) is 12.7. The summed E-state index contributed by atoms with van der Waals surface area (Å²) in [5.74, 6) is 1.80. The smallest absolute Gasteiger partial charge is 0.131 e. The normalized spacial score (nSPS) is 10.3. The summed E-state index contributed by atoms with van der Waals surface area (Å²) < 4.78 is 5.92. The van der Waals surface area contributed by atoms with Crippen molar-refractivity contribution in [2.45, 2.75) is 20.4 Å². The van der Waals surface area contributed by atoms with Crippen molar-refractivity contribution in [2.75, 3.05) is 6.54 Å². The van der Waals surface area contributed by atoms with Crippen molar-refractivity contribution in [2.24, 2.45) is 0 Å². The van der Waals surface area contributed by atoms with Crippen LogP contribution in [-0.4, -0.2) is 6.54 Å². The molecule has 0 radical (unpaired) electrons. The van der Waals surface area contributed by atoms with Gasteiger partial charge in [0.15, 0.2) is 0 Å². The molecular formula is C16H19NO. The van der Waals surface area contributed by atoms with Gasteiger partial charge in [-0.05, 0) is 31.7 Å². The highest BCUT2D eigenvalue weighted by atomic mass is 16.5. The third-order valence-corrected chi connectivity index (χ3v) is 2.75. The van der Waals surface area contributed by atoms with Crippen LogP contribution in [0.4, 0.5) is 0 Å². The predicted molar refractivity (Wildman–Crippen MR) is 75.1 cm³/mol. The number of ether oxygens (including phenoxy) is 1. The van der Waals surface area contributed by atoms with E-state index < -0.39 is 0 Å². The molecule has 0 saturated heterocycles. The van der Waals surface area contributed by atoms with Gasteiger partial charge in [0.2, 0.25) is 0 Å². The Morgan fingerprint density at radius 2 is 1.83 bits per heavy atom. The monoisotopic (exact) mass is 241 g/mol. The Hall–Kier alpha value is -1.80. The zero-order chi connectivity index (χ0) is 12.8. The van der Waals surface area contributed by atoms with E-state index in [0.29, 0.717) is 0 Å². The van der Waals surface area contributed by atoms with E-state index in [0.717, 1.165) is 24.6 Å². The van der Waals surface area contributed by atoms with Crippen LogP contribution in [0.15, 0.2) is 48.5 Å². The molecule has 2 heteroatoms. The minimum absolute atomic E-state index is 0.834. The summed E-state index contributed by atoms with van der Waals surface area (Å²) in [5.41, 5.74) is 2.45. The lowest BCUT2D eigenvalue weighted by Crippen LogP contribution is -2.12. The van der Waals surface area contributed by atoms with E-state index >= 15 is 0 Å². The van der Waals surface area contributed by atoms with Gasteiger partial charge in [-0.15, -0.1) is 0 Å². The summed E-state index contributed by atoms with van der Waals surface area (Å²) >= 11 is 0. The SMILES string of the molecule is CCNCc1cc(C)ccc1Oc1ccccc1. The van der Waals surface area contributed by atoms with Gasteiger partial charge in [-0.25, -0.2) is 0 Å². The molecule has 2 nitrogen and oxygen atoms in total. The first-order valence-corrected chi connectivity index (χ1v) is 6.32. The van der Waals surface area contributed by atoms with Crippen LogP contribution < -0.4 is 10.1 Å². The first-order valence-electron chi connectivity index (χ1n) is 6.32. The van der Waals surface area contributed by atoms with E-state index in [-0.39, 0.29) is 0 Å². The minimum Gasteiger partial charge on any atom is -0.457 e. The van der Waals surface area contributed by atoms with Gasteiger partial charge in [-0.3, -0.25) is 0 Å². The molecule has 0 atom stereocenters. The molecule has 0 spiro atoms. The maximum atomic E-state index is 5.92. The van der Waals surface area contributed by atoms with Crippen molar-refractivity contribution in [1.29, 1.82) is 0 Å². The molecule has 0 amide bonds. The molecule has 2 aromatic carbocycles. The fourth-order valence-corrected chi connectivity index (χ4v) is 1.82. The molecule has 0 aliphatic heterocycles. The second-order valence-corrected chi connectivity index (χ2v) is 4.31. The van der Waals surface area contributed by atoms with Crippen molar-refractivity contribution < 1.29 is 4.74 Å². The molecule has 0 fully saturated rings. The van der Waals surface area contributed by atoms with Gasteiger partial charge >= 0.3 is 0 Å². The maximum absolute atomic E-state index is 5.92. The largest absolute Gasteiger partial charge is 0.457 e. The molecule has 0 bridgehead atoms. The number of hydrogen-bond acceptors (Lipinski definition) is 2. The molecule has 0 aliphatic carbocycles. The van der Waals surface area contributed by atoms with Crippen molar-refractivity contribution >= 4 is 0 Å². The van der Waals surface area contributed by atoms with E-state index in [1.807, 2.05) is 36.4 Å². The third-order valence-electron chi connectivity index (χ3n) is 2.75. The summed E-state index contributed by atoms with van der Waals surface area (Å²) in [5, 5.41) is 3.34. The zero-order valence-corrected chi connectivity index (χ0v) is 10.9. The Balaban J connectivity index is 2.21. The molecule has 2 rings (SSSR count). The molecule has 2 aromatic rings. The Morgan fingerprint density at radius 1 is 1.06 bits per heavy atom. The summed E-state index contributed by atoms with van der Waals surface area (Å²) in [4.78, 5) is 0. The number of para-hydroxylation sites is 1. The molecule has 0 unspecified atom stereocenters. The number of nitrogens with one attached hydrogen (secondary N) is 1. The van der Waals surface area contributed by atoms with Crippen molar-refractivity contribution in [3.63, 3.8) is 0 Å². The lowest BCUT2D eigenvalue weighted by Gasteiger charge is -2.12. The molecule has 0 aromatic heterocycles. The third kappa shape index (κ3) is 3.34. The van der Waals surface area contributed by atoms with E-state index in [2.05, 4.69) is 31.3 Å². The Bertz CT molecular complexity index is 494. The van der Waals surface area contributed by atoms with Crippen LogP contribution >= 0.6 is 0 Å². The van der Waals surface area contributed by atoms with Gasteiger partial charge in [0.1, 0.15) is 11.5 Å². The van der Waals surface area contributed by atoms with Crippen LogP contribution in [0.3, 0.4) is 0 Å². The summed E-state index contributed by atoms with van der Waals surface area (Å²) in [6.45, 7) is 5.99. The molecule has 94 valence electrons. The van der Waals surface area contributed by atoms with Crippen molar-refractivity contribution in [3.8, 4) is 11.5 Å². The molecule has 1 N–H and O–H groups in total. The maximum Gasteiger partial charge on any atom is 0.131 e. The molecule has 18 heavy (non-hydrogen) atoms. The van der Waals surface area contributed by atoms with Crippen molar-refractivity contribution in [1.82, 2.24) is 5.32 Å². The quantitative estimate of drug-likeness (QED) is 0.857. The van der Waals surface area contributed by atoms with Crippen LogP contribution in [0.2, 0.25) is 0 Å². The zero-order valence-electron chi connectivity index (χ0n) is 10.9. The fourth-order valence-electron chi connectivity index (χ4n) is 1.82. The van der Waals surface area contributed by atoms with E-state index in [9.17, 15) is 0 Å². The summed E-state index contributed by atoms with van der Waals surface area (Å²) in [6, 6.07) is 16.2. The first-order chi connectivity index (χ1) is 8.79. The van der Waals surface area contributed by atoms with Crippen LogP contribution in [0.25, 0.3) is 0 Å². The van der Waals surface area contributed by atoms with E-state index in [1.54, 1.807) is 0 Å². The standard InChI is InChI=1S/C16H19NO/c1-3-17-12-14-11-13(2)9-10-16(14)18-15-7-5-4-6-8-15/h4-11,17H,3,12H2,1-2H3. The lowest BCUT2D eigenvalue weighted by molar-refractivity contribution is 0.473. The van der Waals surface area contributed by atoms with Gasteiger partial charge in [0, 0.05) is 12.1 Å². The van der Waals surface area contributed by atoms with Crippen LogP contribution in [-0.2, 0) is 6.54 Å². The summed E-state index contributed by atoms with van der Waals surface area (Å²) in [6.07, 6.45) is 0. The van der Waals surface area contributed by atoms with E-state index in [4.69, 9.17) is 4.74 Å². The number of hydrogen-bond donors (Lipinski definition) is 1. The highest BCUT2D eigenvalue weighted by molar-refractivity contribution is 5.40. The van der Waals surface area contributed by atoms with Crippen LogP contribution in [0, 0.1) is 6.92 Å². The Morgan fingerprint density at radius 3 is 2.56 bits per heavy atom. The van der Waals surface area contributed by atoms with Crippen LogP contribution in [0.5, 0.6) is 11.5 Å². The fraction of sp³-hybridized carbons (Fsp3) is 0.250. The lowest BCUT2D eigenvalue weighted by atomic mass is 10.1. The molecule has 0 aliphatic rings.